The SMILES string of the molecule is CCCCCn1cc(C)c(I)n1. The zero-order valence-corrected chi connectivity index (χ0v) is 9.84. The van der Waals surface area contributed by atoms with Gasteiger partial charge in [0.1, 0.15) is 3.70 Å². The van der Waals surface area contributed by atoms with E-state index in [4.69, 9.17) is 0 Å². The number of nitrogens with zero attached hydrogens (tertiary/aromatic N) is 2. The fourth-order valence-corrected chi connectivity index (χ4v) is 1.55. The third-order valence-electron chi connectivity index (χ3n) is 1.88. The molecule has 0 unspecified atom stereocenters. The molecule has 0 aliphatic carbocycles. The number of aryl methyl sites for hydroxylation is 2. The van der Waals surface area contributed by atoms with Crippen LogP contribution in [0.5, 0.6) is 0 Å². The molecule has 0 aliphatic heterocycles. The van der Waals surface area contributed by atoms with Crippen molar-refractivity contribution in [2.75, 3.05) is 0 Å². The van der Waals surface area contributed by atoms with Crippen LogP contribution in [-0.2, 0) is 6.54 Å². The van der Waals surface area contributed by atoms with E-state index in [9.17, 15) is 0 Å². The van der Waals surface area contributed by atoms with Gasteiger partial charge in [-0.25, -0.2) is 0 Å². The topological polar surface area (TPSA) is 17.8 Å². The first-order valence-electron chi connectivity index (χ1n) is 4.43. The Kier molecular flexibility index (Phi) is 4.05. The molecule has 1 aromatic rings. The lowest BCUT2D eigenvalue weighted by molar-refractivity contribution is 0.551. The molecule has 2 nitrogen and oxygen atoms in total. The molecule has 1 rings (SSSR count). The lowest BCUT2D eigenvalue weighted by Crippen LogP contribution is -1.98. The fraction of sp³-hybridized carbons (Fsp3) is 0.667. The van der Waals surface area contributed by atoms with Gasteiger partial charge in [-0.3, -0.25) is 4.68 Å². The van der Waals surface area contributed by atoms with Crippen molar-refractivity contribution in [2.45, 2.75) is 39.7 Å². The molecule has 0 amide bonds. The largest absolute Gasteiger partial charge is 0.271 e. The van der Waals surface area contributed by atoms with Gasteiger partial charge in [0.25, 0.3) is 0 Å². The Hall–Kier alpha value is -0.0600. The molecule has 0 aromatic carbocycles. The minimum Gasteiger partial charge on any atom is -0.271 e. The molecule has 1 aromatic heterocycles. The van der Waals surface area contributed by atoms with Gasteiger partial charge in [-0.05, 0) is 35.9 Å². The van der Waals surface area contributed by atoms with E-state index >= 15 is 0 Å². The summed E-state index contributed by atoms with van der Waals surface area (Å²) in [5.74, 6) is 0. The van der Waals surface area contributed by atoms with E-state index in [1.807, 2.05) is 4.68 Å². The second kappa shape index (κ2) is 4.84. The Balaban J connectivity index is 2.42. The minimum absolute atomic E-state index is 1.07. The second-order valence-corrected chi connectivity index (χ2v) is 4.09. The molecular formula is C9H15IN2. The maximum absolute atomic E-state index is 4.39. The molecule has 1 heterocycles. The number of unbranched alkanes of at least 4 members (excludes halogenated alkanes) is 2. The predicted molar refractivity (Wildman–Crippen MR) is 59.2 cm³/mol. The Bertz CT molecular complexity index is 223. The van der Waals surface area contributed by atoms with Crippen molar-refractivity contribution in [2.24, 2.45) is 0 Å². The van der Waals surface area contributed by atoms with Gasteiger partial charge < -0.3 is 0 Å². The molecule has 0 aliphatic rings. The normalized spacial score (nSPS) is 10.6. The summed E-state index contributed by atoms with van der Waals surface area (Å²) in [6, 6.07) is 0. The van der Waals surface area contributed by atoms with E-state index in [0.29, 0.717) is 0 Å². The Morgan fingerprint density at radius 2 is 2.25 bits per heavy atom. The Morgan fingerprint density at radius 3 is 2.75 bits per heavy atom. The second-order valence-electron chi connectivity index (χ2n) is 3.07. The van der Waals surface area contributed by atoms with E-state index in [-0.39, 0.29) is 0 Å². The van der Waals surface area contributed by atoms with Gasteiger partial charge in [0.2, 0.25) is 0 Å². The number of halogens is 1. The van der Waals surface area contributed by atoms with Crippen molar-refractivity contribution >= 4 is 22.6 Å². The smallest absolute Gasteiger partial charge is 0.126 e. The van der Waals surface area contributed by atoms with Crippen molar-refractivity contribution in [3.8, 4) is 0 Å². The molecule has 0 N–H and O–H groups in total. The van der Waals surface area contributed by atoms with E-state index in [0.717, 1.165) is 10.2 Å². The Labute approximate surface area is 87.5 Å². The molecule has 0 saturated heterocycles. The first kappa shape index (κ1) is 10.0. The van der Waals surface area contributed by atoms with Gasteiger partial charge in [-0.2, -0.15) is 5.10 Å². The molecule has 0 atom stereocenters. The molecule has 68 valence electrons. The van der Waals surface area contributed by atoms with Crippen LogP contribution in [0.15, 0.2) is 6.20 Å². The molecule has 0 spiro atoms. The van der Waals surface area contributed by atoms with Gasteiger partial charge >= 0.3 is 0 Å². The van der Waals surface area contributed by atoms with E-state index in [1.54, 1.807) is 0 Å². The average Bonchev–Trinajstić information content (AvgIpc) is 2.32. The number of aromatic nitrogens is 2. The summed E-state index contributed by atoms with van der Waals surface area (Å²) < 4.78 is 3.18. The molecular weight excluding hydrogens is 263 g/mol. The van der Waals surface area contributed by atoms with Gasteiger partial charge in [-0.15, -0.1) is 0 Å². The maximum Gasteiger partial charge on any atom is 0.126 e. The quantitative estimate of drug-likeness (QED) is 0.611. The monoisotopic (exact) mass is 278 g/mol. The van der Waals surface area contributed by atoms with Crippen LogP contribution in [-0.4, -0.2) is 9.78 Å². The summed E-state index contributed by atoms with van der Waals surface area (Å²) in [5.41, 5.74) is 1.28. The summed E-state index contributed by atoms with van der Waals surface area (Å²) in [4.78, 5) is 0. The van der Waals surface area contributed by atoms with E-state index in [1.165, 1.54) is 24.8 Å². The Morgan fingerprint density at radius 1 is 1.50 bits per heavy atom. The molecule has 12 heavy (non-hydrogen) atoms. The number of hydrogen-bond acceptors (Lipinski definition) is 1. The van der Waals surface area contributed by atoms with Crippen LogP contribution < -0.4 is 0 Å². The third kappa shape index (κ3) is 2.77. The van der Waals surface area contributed by atoms with Crippen molar-refractivity contribution in [3.05, 3.63) is 15.5 Å². The summed E-state index contributed by atoms with van der Waals surface area (Å²) in [6.07, 6.45) is 5.94. The zero-order chi connectivity index (χ0) is 8.97. The van der Waals surface area contributed by atoms with Crippen LogP contribution in [0.4, 0.5) is 0 Å². The standard InChI is InChI=1S/C9H15IN2/c1-3-4-5-6-12-7-8(2)9(10)11-12/h7H,3-6H2,1-2H3. The minimum atomic E-state index is 1.07. The molecule has 0 radical (unpaired) electrons. The number of rotatable bonds is 4. The highest BCUT2D eigenvalue weighted by molar-refractivity contribution is 14.1. The average molecular weight is 278 g/mol. The van der Waals surface area contributed by atoms with Crippen LogP contribution >= 0.6 is 22.6 Å². The van der Waals surface area contributed by atoms with Crippen LogP contribution in [0.25, 0.3) is 0 Å². The zero-order valence-electron chi connectivity index (χ0n) is 7.68. The van der Waals surface area contributed by atoms with Crippen molar-refractivity contribution < 1.29 is 0 Å². The fourth-order valence-electron chi connectivity index (χ4n) is 1.14. The summed E-state index contributed by atoms with van der Waals surface area (Å²) in [6.45, 7) is 5.39. The number of hydrogen-bond donors (Lipinski definition) is 0. The third-order valence-corrected chi connectivity index (χ3v) is 2.94. The van der Waals surface area contributed by atoms with E-state index < -0.39 is 0 Å². The summed E-state index contributed by atoms with van der Waals surface area (Å²) in [7, 11) is 0. The first-order valence-corrected chi connectivity index (χ1v) is 5.51. The van der Waals surface area contributed by atoms with Crippen LogP contribution in [0.1, 0.15) is 31.7 Å². The summed E-state index contributed by atoms with van der Waals surface area (Å²) >= 11 is 2.27. The van der Waals surface area contributed by atoms with Crippen molar-refractivity contribution in [1.82, 2.24) is 9.78 Å². The highest BCUT2D eigenvalue weighted by atomic mass is 127. The maximum atomic E-state index is 4.39. The van der Waals surface area contributed by atoms with Crippen LogP contribution in [0, 0.1) is 10.6 Å². The highest BCUT2D eigenvalue weighted by Gasteiger charge is 1.99. The first-order chi connectivity index (χ1) is 5.74. The molecule has 0 saturated carbocycles. The van der Waals surface area contributed by atoms with Crippen LogP contribution in [0.2, 0.25) is 0 Å². The summed E-state index contributed by atoms with van der Waals surface area (Å²) in [5, 5.41) is 4.39. The van der Waals surface area contributed by atoms with Gasteiger partial charge in [0.15, 0.2) is 0 Å². The molecule has 0 fully saturated rings. The van der Waals surface area contributed by atoms with Crippen molar-refractivity contribution in [1.29, 1.82) is 0 Å². The lowest BCUT2D eigenvalue weighted by Gasteiger charge is -1.98. The van der Waals surface area contributed by atoms with Gasteiger partial charge in [0.05, 0.1) is 0 Å². The van der Waals surface area contributed by atoms with Crippen LogP contribution in [0.3, 0.4) is 0 Å². The lowest BCUT2D eigenvalue weighted by atomic mass is 10.2. The van der Waals surface area contributed by atoms with E-state index in [2.05, 4.69) is 47.7 Å². The van der Waals surface area contributed by atoms with Gasteiger partial charge in [0, 0.05) is 18.3 Å². The van der Waals surface area contributed by atoms with Crippen molar-refractivity contribution in [3.63, 3.8) is 0 Å². The molecule has 0 bridgehead atoms. The highest BCUT2D eigenvalue weighted by Crippen LogP contribution is 2.08. The van der Waals surface area contributed by atoms with Gasteiger partial charge in [-0.1, -0.05) is 19.8 Å². The predicted octanol–water partition coefficient (Wildman–Crippen LogP) is 2.99. The molecule has 3 heteroatoms.